The standard InChI is InChI=1S/C27H35N5OS.C24H32N4O5.C16H16BrNO3.C10H13NO3.C8H8BrNO3/c1-5-20-10-9-11-21(6-2)24(20)28-27(34)30-29-25-22-12-7-8-13-23(22)32(26(25)33)17-31-15-18(3)14-19(4)16-31;25-13-5-4-8-19(26)22(30)27-20(14-16-6-2-1-3-7-16)23(31)28-21(24(32)33)15-17-9-11-18(29)12-10-17;17-14-8-6-13(7-9-14)16(12-4-2-1-3-5-12)21-11-10-15(19)18-20;1-2-14-9-5-3-8(4-6-9)7-10(12)11-13;9-6-1-3-7(4-2-6)13-5-8(11)10-12/h7-13,18-19,33H,5-6,14-17H2,1-4H3,(H,28,34);1-3,6-7,9-12,19-21,29H,4-5,8,13-15,25-26H2,(H,27,30)(H,28,31)(H,32,33);1-9,16,20H,10-11H2,(H,18,19);3-6,13H,2,7H2,1H3,(H,11,12);1-4,12H,5H2,(H,10,11)/t;19-,20-,21-;;;/m.1.../s1. The van der Waals surface area contributed by atoms with Gasteiger partial charge in [-0.3, -0.25) is 49.1 Å². The monoisotopic (exact) mass is 1720 g/mol. The Kier molecular flexibility index (Phi) is 41.1. The van der Waals surface area contributed by atoms with Crippen molar-refractivity contribution in [2.45, 2.75) is 130 Å². The van der Waals surface area contributed by atoms with Gasteiger partial charge in [-0.2, -0.15) is 0 Å². The largest absolute Gasteiger partial charge is 0.508 e. The summed E-state index contributed by atoms with van der Waals surface area (Å²) >= 11 is 12.2. The number of aryl methyl sites for hydroxylation is 2. The topological polar surface area (TPSA) is 409 Å². The van der Waals surface area contributed by atoms with Gasteiger partial charge in [-0.05, 0) is 175 Å². The normalized spacial score (nSPS) is 13.9. The SMILES string of the molecule is CCOc1ccc(CC(=O)NO)cc1.CCc1cccc(CC)c1NC(=S)N=Nc1c(O)n(CN2CC(C)CC(C)C2)c2ccccc12.NCCCC[C@@H](N)C(=O)N[C@H](Cc1ccccc1)C(=O)N[C@H](Cc1ccc(O)cc1)C(=O)O.O=C(CCOC(c1ccccc1)c1ccc(Br)cc1)NO.O=C(COc1ccc(Br)cc1)NO. The number of carboxylic acids is 1. The van der Waals surface area contributed by atoms with Gasteiger partial charge in [-0.1, -0.05) is 199 Å². The van der Waals surface area contributed by atoms with E-state index in [1.54, 1.807) is 71.6 Å². The van der Waals surface area contributed by atoms with Gasteiger partial charge in [0.1, 0.15) is 35.4 Å². The number of benzene rings is 8. The molecule has 0 aliphatic carbocycles. The average Bonchev–Trinajstić information content (AvgIpc) is 1.62. The van der Waals surface area contributed by atoms with Gasteiger partial charge in [0.25, 0.3) is 5.91 Å². The van der Waals surface area contributed by atoms with E-state index in [1.807, 2.05) is 121 Å². The lowest BCUT2D eigenvalue weighted by Crippen LogP contribution is -2.55. The van der Waals surface area contributed by atoms with Gasteiger partial charge in [0.15, 0.2) is 12.3 Å². The summed E-state index contributed by atoms with van der Waals surface area (Å²) in [5, 5.41) is 73.5. The number of amides is 5. The Bertz CT molecular complexity index is 4480. The number of piperidine rings is 1. The van der Waals surface area contributed by atoms with E-state index in [2.05, 4.69) is 109 Å². The lowest BCUT2D eigenvalue weighted by Gasteiger charge is -2.35. The summed E-state index contributed by atoms with van der Waals surface area (Å²) < 4.78 is 20.0. The van der Waals surface area contributed by atoms with Crippen molar-refractivity contribution in [3.05, 3.63) is 248 Å². The van der Waals surface area contributed by atoms with Crippen molar-refractivity contribution in [1.82, 2.24) is 36.5 Å². The van der Waals surface area contributed by atoms with Gasteiger partial charge >= 0.3 is 5.97 Å². The number of nitrogens with two attached hydrogens (primary N) is 2. The second-order valence-corrected chi connectivity index (χ2v) is 29.2. The summed E-state index contributed by atoms with van der Waals surface area (Å²) in [5.74, 6) is -0.934. The molecule has 16 N–H and O–H groups in total. The maximum atomic E-state index is 13.0. The molecule has 6 atom stereocenters. The molecular formula is C85H104Br2N12O15S. The minimum atomic E-state index is -1.21. The van der Waals surface area contributed by atoms with Crippen LogP contribution < -0.4 is 53.3 Å². The van der Waals surface area contributed by atoms with Crippen molar-refractivity contribution in [2.24, 2.45) is 33.5 Å². The number of carbonyl (C=O) groups excluding carboxylic acids is 5. The highest BCUT2D eigenvalue weighted by Gasteiger charge is 2.30. The minimum Gasteiger partial charge on any atom is -0.508 e. The second-order valence-electron chi connectivity index (χ2n) is 27.0. The molecule has 0 saturated carbocycles. The fourth-order valence-corrected chi connectivity index (χ4v) is 13.0. The number of carboxylic acid groups (broad SMARTS) is 1. The Morgan fingerprint density at radius 1 is 0.609 bits per heavy atom. The van der Waals surface area contributed by atoms with Crippen LogP contribution >= 0.6 is 44.1 Å². The predicted molar refractivity (Wildman–Crippen MR) is 452 cm³/mol. The van der Waals surface area contributed by atoms with Crippen LogP contribution in [0.15, 0.2) is 219 Å². The smallest absolute Gasteiger partial charge is 0.326 e. The third-order valence-corrected chi connectivity index (χ3v) is 19.2. The van der Waals surface area contributed by atoms with E-state index in [1.165, 1.54) is 35.2 Å². The number of nitrogens with one attached hydrogen (secondary N) is 6. The molecule has 8 aromatic carbocycles. The van der Waals surface area contributed by atoms with Crippen LogP contribution in [0.2, 0.25) is 0 Å². The molecule has 27 nitrogen and oxygen atoms in total. The maximum Gasteiger partial charge on any atom is 0.326 e. The molecule has 115 heavy (non-hydrogen) atoms. The fourth-order valence-electron chi connectivity index (χ4n) is 12.4. The zero-order chi connectivity index (χ0) is 83.6. The Morgan fingerprint density at radius 2 is 1.14 bits per heavy atom. The average molecular weight is 1730 g/mol. The van der Waals surface area contributed by atoms with Crippen LogP contribution in [0.1, 0.15) is 112 Å². The molecule has 9 aromatic rings. The first-order valence-electron chi connectivity index (χ1n) is 37.7. The van der Waals surface area contributed by atoms with Crippen LogP contribution in [0.25, 0.3) is 10.9 Å². The molecule has 1 saturated heterocycles. The lowest BCUT2D eigenvalue weighted by molar-refractivity contribution is -0.142. The van der Waals surface area contributed by atoms with Crippen LogP contribution in [0, 0.1) is 11.8 Å². The summed E-state index contributed by atoms with van der Waals surface area (Å²) in [6.07, 6.45) is 5.15. The number of hydrogen-bond donors (Lipinski definition) is 14. The van der Waals surface area contributed by atoms with E-state index < -0.39 is 53.6 Å². The van der Waals surface area contributed by atoms with Gasteiger partial charge in [-0.15, -0.1) is 10.2 Å². The van der Waals surface area contributed by atoms with Gasteiger partial charge in [0.05, 0.1) is 44.3 Å². The number of rotatable bonds is 32. The zero-order valence-electron chi connectivity index (χ0n) is 65.0. The van der Waals surface area contributed by atoms with Gasteiger partial charge in [-0.25, -0.2) is 21.2 Å². The zero-order valence-corrected chi connectivity index (χ0v) is 69.0. The van der Waals surface area contributed by atoms with Gasteiger partial charge in [0.2, 0.25) is 34.6 Å². The van der Waals surface area contributed by atoms with Crippen LogP contribution in [0.4, 0.5) is 11.4 Å². The summed E-state index contributed by atoms with van der Waals surface area (Å²) in [7, 11) is 0. The van der Waals surface area contributed by atoms with Crippen LogP contribution in [-0.2, 0) is 72.3 Å². The molecule has 1 fully saturated rings. The number of anilines is 1. The number of ether oxygens (including phenoxy) is 3. The van der Waals surface area contributed by atoms with Gasteiger partial charge < -0.3 is 56.9 Å². The Balaban J connectivity index is 0.000000235. The number of aliphatic carboxylic acids is 1. The third kappa shape index (κ3) is 32.7. The van der Waals surface area contributed by atoms with E-state index in [4.69, 9.17) is 53.5 Å². The first kappa shape index (κ1) is 93.4. The number of aromatic nitrogens is 1. The van der Waals surface area contributed by atoms with Crippen LogP contribution in [0.5, 0.6) is 23.1 Å². The number of para-hydroxylation sites is 2. The number of hydroxylamine groups is 3. The highest BCUT2D eigenvalue weighted by atomic mass is 79.9. The minimum absolute atomic E-state index is 0.0198. The maximum absolute atomic E-state index is 13.0. The van der Waals surface area contributed by atoms with Crippen molar-refractivity contribution in [2.75, 3.05) is 44.8 Å². The molecule has 1 aromatic heterocycles. The van der Waals surface area contributed by atoms with Crippen molar-refractivity contribution >= 4 is 107 Å². The molecule has 0 spiro atoms. The Hall–Kier alpha value is -10.5. The summed E-state index contributed by atoms with van der Waals surface area (Å²) in [5.41, 5.74) is 25.2. The fraction of sp³-hybridized carbons (Fsp3) is 0.329. The number of unbranched alkanes of at least 4 members (excludes halogenated alkanes) is 1. The molecule has 5 amide bonds. The molecule has 1 aliphatic heterocycles. The Morgan fingerprint density at radius 3 is 1.72 bits per heavy atom. The van der Waals surface area contributed by atoms with Crippen LogP contribution in [0.3, 0.4) is 0 Å². The highest BCUT2D eigenvalue weighted by molar-refractivity contribution is 9.10. The van der Waals surface area contributed by atoms with Crippen molar-refractivity contribution in [3.8, 4) is 23.1 Å². The summed E-state index contributed by atoms with van der Waals surface area (Å²) in [4.78, 5) is 72.2. The number of likely N-dealkylation sites (tertiary alicyclic amines) is 1. The first-order valence-corrected chi connectivity index (χ1v) is 39.7. The number of phenols is 1. The number of nitrogens with zero attached hydrogens (tertiary/aromatic N) is 4. The summed E-state index contributed by atoms with van der Waals surface area (Å²) in [6.45, 7) is 14.6. The van der Waals surface area contributed by atoms with E-state index in [-0.39, 0.29) is 61.7 Å². The lowest BCUT2D eigenvalue weighted by atomic mass is 9.92. The molecule has 10 rings (SSSR count). The molecular weight excluding hydrogens is 1620 g/mol. The van der Waals surface area contributed by atoms with E-state index in [0.717, 1.165) is 85.9 Å². The third-order valence-electron chi connectivity index (χ3n) is 17.9. The predicted octanol–water partition coefficient (Wildman–Crippen LogP) is 13.5. The number of azo groups is 1. The summed E-state index contributed by atoms with van der Waals surface area (Å²) in [6, 6.07) is 58.2. The van der Waals surface area contributed by atoms with E-state index >= 15 is 0 Å². The number of fused-ring (bicyclic) bond motifs is 1. The molecule has 0 radical (unpaired) electrons. The number of carbonyl (C=O) groups is 6. The van der Waals surface area contributed by atoms with Gasteiger partial charge in [0, 0.05) is 46.0 Å². The highest BCUT2D eigenvalue weighted by Crippen LogP contribution is 2.40. The van der Waals surface area contributed by atoms with E-state index in [0.29, 0.717) is 61.5 Å². The quantitative estimate of drug-likeness (QED) is 0.00612. The number of aromatic hydroxyl groups is 2. The molecule has 0 bridgehead atoms. The molecule has 3 unspecified atom stereocenters. The second kappa shape index (κ2) is 50.7. The number of phenolic OH excluding ortho intramolecular Hbond substituents is 1. The van der Waals surface area contributed by atoms with Crippen molar-refractivity contribution in [1.29, 1.82) is 0 Å². The van der Waals surface area contributed by atoms with Crippen molar-refractivity contribution < 1.29 is 73.9 Å². The first-order chi connectivity index (χ1) is 55.4. The molecule has 1 aliphatic rings. The number of hydrogen-bond acceptors (Lipinski definition) is 19. The van der Waals surface area contributed by atoms with E-state index in [9.17, 15) is 44.1 Å². The number of halogens is 2. The van der Waals surface area contributed by atoms with Crippen molar-refractivity contribution in [3.63, 3.8) is 0 Å². The Labute approximate surface area is 692 Å². The molecule has 614 valence electrons. The van der Waals surface area contributed by atoms with Crippen LogP contribution in [-0.4, -0.2) is 139 Å². The molecule has 2 heterocycles. The number of thiocarbonyl (C=S) groups is 1. The molecule has 30 heteroatoms.